The first-order chi connectivity index (χ1) is 7.02. The fourth-order valence-corrected chi connectivity index (χ4v) is 2.32. The van der Waals surface area contributed by atoms with Crippen molar-refractivity contribution < 1.29 is 14.7 Å². The molecule has 0 fully saturated rings. The molecule has 1 aliphatic rings. The summed E-state index contributed by atoms with van der Waals surface area (Å²) in [5, 5.41) is 8.99. The van der Waals surface area contributed by atoms with Crippen LogP contribution in [0.25, 0.3) is 0 Å². The molecule has 1 aromatic rings. The number of carbonyl (C=O) groups is 2. The smallest absolute Gasteiger partial charge is 0.336 e. The Morgan fingerprint density at radius 1 is 1.47 bits per heavy atom. The molecule has 1 atom stereocenters. The van der Waals surface area contributed by atoms with E-state index in [1.807, 2.05) is 13.8 Å². The maximum absolute atomic E-state index is 11.7. The molecule has 1 N–H and O–H groups in total. The van der Waals surface area contributed by atoms with Gasteiger partial charge in [0.1, 0.15) is 0 Å². The van der Waals surface area contributed by atoms with E-state index in [0.29, 0.717) is 12.0 Å². The number of fused-ring (bicyclic) bond motifs is 1. The van der Waals surface area contributed by atoms with Crippen LogP contribution in [0.15, 0.2) is 12.1 Å². The van der Waals surface area contributed by atoms with Crippen molar-refractivity contribution in [1.82, 2.24) is 0 Å². The molecule has 1 aliphatic carbocycles. The fourth-order valence-electron chi connectivity index (χ4n) is 2.32. The van der Waals surface area contributed by atoms with Gasteiger partial charge in [0.15, 0.2) is 5.78 Å². The van der Waals surface area contributed by atoms with Gasteiger partial charge in [-0.15, -0.1) is 0 Å². The Morgan fingerprint density at radius 2 is 2.13 bits per heavy atom. The van der Waals surface area contributed by atoms with Gasteiger partial charge in [0.2, 0.25) is 0 Å². The number of carboxylic acids is 1. The van der Waals surface area contributed by atoms with E-state index in [-0.39, 0.29) is 17.3 Å². The molecule has 15 heavy (non-hydrogen) atoms. The molecule has 0 radical (unpaired) electrons. The lowest BCUT2D eigenvalue weighted by atomic mass is 9.95. The lowest BCUT2D eigenvalue weighted by Crippen LogP contribution is -2.06. The van der Waals surface area contributed by atoms with Crippen LogP contribution in [0.1, 0.15) is 51.1 Å². The Hall–Kier alpha value is -1.64. The molecule has 3 nitrogen and oxygen atoms in total. The fraction of sp³-hybridized carbons (Fsp3) is 0.333. The van der Waals surface area contributed by atoms with Crippen molar-refractivity contribution in [1.29, 1.82) is 0 Å². The van der Waals surface area contributed by atoms with E-state index in [2.05, 4.69) is 0 Å². The van der Waals surface area contributed by atoms with E-state index in [1.54, 1.807) is 6.07 Å². The van der Waals surface area contributed by atoms with Crippen LogP contribution in [0.2, 0.25) is 0 Å². The van der Waals surface area contributed by atoms with Crippen LogP contribution < -0.4 is 0 Å². The highest BCUT2D eigenvalue weighted by Gasteiger charge is 2.31. The van der Waals surface area contributed by atoms with Crippen LogP contribution in [0.4, 0.5) is 0 Å². The van der Waals surface area contributed by atoms with Gasteiger partial charge in [-0.2, -0.15) is 0 Å². The van der Waals surface area contributed by atoms with E-state index in [9.17, 15) is 9.59 Å². The predicted molar refractivity (Wildman–Crippen MR) is 55.5 cm³/mol. The highest BCUT2D eigenvalue weighted by atomic mass is 16.4. The normalized spacial score (nSPS) is 19.1. The molecule has 0 spiro atoms. The molecule has 0 aromatic heterocycles. The van der Waals surface area contributed by atoms with Crippen LogP contribution >= 0.6 is 0 Å². The Morgan fingerprint density at radius 3 is 2.73 bits per heavy atom. The minimum absolute atomic E-state index is 0.0430. The van der Waals surface area contributed by atoms with Gasteiger partial charge in [0, 0.05) is 12.0 Å². The number of rotatable bonds is 1. The standard InChI is InChI=1S/C12H12O3/c1-6-3-4-8(12(14)15)11-9(13)5-7(2)10(6)11/h3-4,7H,5H2,1-2H3,(H,14,15)/t7-/m1/s1. The van der Waals surface area contributed by atoms with Gasteiger partial charge in [-0.3, -0.25) is 4.79 Å². The molecule has 2 rings (SSSR count). The number of carbonyl (C=O) groups excluding carboxylic acids is 1. The SMILES string of the molecule is Cc1ccc(C(=O)O)c2c1[C@H](C)CC2=O. The molecular weight excluding hydrogens is 192 g/mol. The van der Waals surface area contributed by atoms with Crippen molar-refractivity contribution in [3.05, 3.63) is 34.4 Å². The number of aromatic carboxylic acids is 1. The van der Waals surface area contributed by atoms with Crippen molar-refractivity contribution in [2.24, 2.45) is 0 Å². The van der Waals surface area contributed by atoms with Gasteiger partial charge >= 0.3 is 5.97 Å². The van der Waals surface area contributed by atoms with Crippen molar-refractivity contribution in [2.75, 3.05) is 0 Å². The third kappa shape index (κ3) is 1.35. The van der Waals surface area contributed by atoms with Crippen LogP contribution in [-0.2, 0) is 0 Å². The van der Waals surface area contributed by atoms with Crippen LogP contribution in [0.3, 0.4) is 0 Å². The second kappa shape index (κ2) is 3.19. The van der Waals surface area contributed by atoms with Gasteiger partial charge in [0.05, 0.1) is 5.56 Å². The Balaban J connectivity index is 2.75. The molecule has 0 aliphatic heterocycles. The molecule has 0 saturated heterocycles. The zero-order valence-corrected chi connectivity index (χ0v) is 8.70. The average Bonchev–Trinajstić information content (AvgIpc) is 2.43. The number of benzene rings is 1. The van der Waals surface area contributed by atoms with Crippen LogP contribution in [0.5, 0.6) is 0 Å². The summed E-state index contributed by atoms with van der Waals surface area (Å²) in [6.07, 6.45) is 0.431. The number of Topliss-reactive ketones (excluding diaryl/α,β-unsaturated/α-hetero) is 1. The summed E-state index contributed by atoms with van der Waals surface area (Å²) < 4.78 is 0. The third-order valence-electron chi connectivity index (χ3n) is 2.96. The summed E-state index contributed by atoms with van der Waals surface area (Å²) in [6, 6.07) is 3.30. The van der Waals surface area contributed by atoms with Gasteiger partial charge < -0.3 is 5.11 Å². The molecule has 0 unspecified atom stereocenters. The second-order valence-corrected chi connectivity index (χ2v) is 4.05. The summed E-state index contributed by atoms with van der Waals surface area (Å²) in [5.74, 6) is -0.917. The first-order valence-electron chi connectivity index (χ1n) is 4.92. The minimum Gasteiger partial charge on any atom is -0.478 e. The highest BCUT2D eigenvalue weighted by Crippen LogP contribution is 2.36. The molecule has 0 amide bonds. The van der Waals surface area contributed by atoms with Gasteiger partial charge in [-0.25, -0.2) is 4.79 Å². The highest BCUT2D eigenvalue weighted by molar-refractivity contribution is 6.09. The van der Waals surface area contributed by atoms with Gasteiger partial charge in [0.25, 0.3) is 0 Å². The maximum atomic E-state index is 11.7. The number of hydrogen-bond acceptors (Lipinski definition) is 2. The Bertz CT molecular complexity index is 460. The number of ketones is 1. The van der Waals surface area contributed by atoms with Gasteiger partial charge in [-0.1, -0.05) is 13.0 Å². The predicted octanol–water partition coefficient (Wildman–Crippen LogP) is 2.38. The summed E-state index contributed by atoms with van der Waals surface area (Å²) >= 11 is 0. The van der Waals surface area contributed by atoms with E-state index < -0.39 is 5.97 Å². The Kier molecular flexibility index (Phi) is 2.11. The summed E-state index contributed by atoms with van der Waals surface area (Å²) in [5.41, 5.74) is 2.49. The lowest BCUT2D eigenvalue weighted by molar-refractivity contribution is 0.0692. The minimum atomic E-state index is -1.02. The summed E-state index contributed by atoms with van der Waals surface area (Å²) in [7, 11) is 0. The van der Waals surface area contributed by atoms with Crippen LogP contribution in [-0.4, -0.2) is 16.9 Å². The molecule has 1 aromatic carbocycles. The largest absolute Gasteiger partial charge is 0.478 e. The molecule has 0 heterocycles. The van der Waals surface area contributed by atoms with E-state index in [4.69, 9.17) is 5.11 Å². The summed E-state index contributed by atoms with van der Waals surface area (Å²) in [4.78, 5) is 22.7. The topological polar surface area (TPSA) is 54.4 Å². The lowest BCUT2D eigenvalue weighted by Gasteiger charge is -2.09. The first-order valence-corrected chi connectivity index (χ1v) is 4.92. The molecule has 78 valence electrons. The maximum Gasteiger partial charge on any atom is 0.336 e. The van der Waals surface area contributed by atoms with Crippen molar-refractivity contribution >= 4 is 11.8 Å². The first kappa shape index (κ1) is 9.90. The zero-order valence-electron chi connectivity index (χ0n) is 8.70. The number of hydrogen-bond donors (Lipinski definition) is 1. The number of carboxylic acid groups (broad SMARTS) is 1. The molecule has 0 bridgehead atoms. The zero-order chi connectivity index (χ0) is 11.2. The quantitative estimate of drug-likeness (QED) is 0.764. The van der Waals surface area contributed by atoms with Crippen molar-refractivity contribution in [3.8, 4) is 0 Å². The number of aryl methyl sites for hydroxylation is 1. The third-order valence-corrected chi connectivity index (χ3v) is 2.96. The van der Waals surface area contributed by atoms with Crippen molar-refractivity contribution in [2.45, 2.75) is 26.2 Å². The Labute approximate surface area is 87.7 Å². The van der Waals surface area contributed by atoms with E-state index in [1.165, 1.54) is 6.07 Å². The van der Waals surface area contributed by atoms with Crippen molar-refractivity contribution in [3.63, 3.8) is 0 Å². The summed E-state index contributed by atoms with van der Waals surface area (Å²) in [6.45, 7) is 3.88. The van der Waals surface area contributed by atoms with E-state index in [0.717, 1.165) is 11.1 Å². The molecule has 0 saturated carbocycles. The van der Waals surface area contributed by atoms with E-state index >= 15 is 0 Å². The molecular formula is C12H12O3. The monoisotopic (exact) mass is 204 g/mol. The van der Waals surface area contributed by atoms with Crippen LogP contribution in [0, 0.1) is 6.92 Å². The average molecular weight is 204 g/mol. The molecule has 3 heteroatoms. The second-order valence-electron chi connectivity index (χ2n) is 4.05. The van der Waals surface area contributed by atoms with Gasteiger partial charge in [-0.05, 0) is 30.0 Å².